The molecule has 4 aliphatic heterocycles. The zero-order valence-electron chi connectivity index (χ0n) is 18.5. The van der Waals surface area contributed by atoms with E-state index in [0.717, 1.165) is 55.2 Å². The summed E-state index contributed by atoms with van der Waals surface area (Å²) in [6, 6.07) is 6.24. The van der Waals surface area contributed by atoms with Crippen LogP contribution < -0.4 is 14.8 Å². The number of nitrogens with zero attached hydrogens (tertiary/aromatic N) is 4. The summed E-state index contributed by atoms with van der Waals surface area (Å²) in [5, 5.41) is 11.8. The first-order valence-corrected chi connectivity index (χ1v) is 11.2. The van der Waals surface area contributed by atoms with E-state index in [9.17, 15) is 4.79 Å². The lowest BCUT2D eigenvalue weighted by atomic mass is 9.75. The molecule has 4 atom stereocenters. The highest BCUT2D eigenvalue weighted by molar-refractivity contribution is 5.79. The Morgan fingerprint density at radius 2 is 2.10 bits per heavy atom. The predicted octanol–water partition coefficient (Wildman–Crippen LogP) is 2.33. The Labute approximate surface area is 182 Å². The molecule has 166 valence electrons. The van der Waals surface area contributed by atoms with Crippen LogP contribution in [0.2, 0.25) is 0 Å². The van der Waals surface area contributed by atoms with Gasteiger partial charge < -0.3 is 14.8 Å². The molecule has 2 bridgehead atoms. The van der Waals surface area contributed by atoms with Crippen LogP contribution in [0.3, 0.4) is 0 Å². The Hall–Kier alpha value is -2.61. The van der Waals surface area contributed by atoms with Crippen LogP contribution in [0.25, 0.3) is 0 Å². The first kappa shape index (κ1) is 20.3. The van der Waals surface area contributed by atoms with E-state index in [4.69, 9.17) is 9.47 Å². The summed E-state index contributed by atoms with van der Waals surface area (Å²) >= 11 is 0. The van der Waals surface area contributed by atoms with Gasteiger partial charge in [-0.25, -0.2) is 0 Å². The molecule has 0 spiro atoms. The molecule has 0 aliphatic carbocycles. The second kappa shape index (κ2) is 7.82. The molecule has 1 unspecified atom stereocenters. The van der Waals surface area contributed by atoms with Crippen LogP contribution in [-0.4, -0.2) is 51.7 Å². The third-order valence-corrected chi connectivity index (χ3v) is 6.82. The summed E-state index contributed by atoms with van der Waals surface area (Å²) in [6.07, 6.45) is 4.19. The first-order chi connectivity index (χ1) is 14.9. The lowest BCUT2D eigenvalue weighted by molar-refractivity contribution is -0.133. The van der Waals surface area contributed by atoms with Gasteiger partial charge in [-0.15, -0.1) is 5.10 Å². The molecule has 1 N–H and O–H groups in total. The minimum Gasteiger partial charge on any atom is -0.454 e. The molecule has 3 saturated heterocycles. The third-order valence-electron chi connectivity index (χ3n) is 6.82. The van der Waals surface area contributed by atoms with Gasteiger partial charge in [0.15, 0.2) is 11.5 Å². The van der Waals surface area contributed by atoms with E-state index in [2.05, 4.69) is 47.5 Å². The van der Waals surface area contributed by atoms with E-state index in [1.807, 2.05) is 22.9 Å². The van der Waals surface area contributed by atoms with Gasteiger partial charge in [0.05, 0.1) is 18.2 Å². The second-order valence-corrected chi connectivity index (χ2v) is 10.0. The summed E-state index contributed by atoms with van der Waals surface area (Å²) < 4.78 is 12.8. The monoisotopic (exact) mass is 425 g/mol. The minimum absolute atomic E-state index is 0.00523. The molecule has 1 amide bonds. The molecule has 6 rings (SSSR count). The molecular formula is C23H31N5O3. The van der Waals surface area contributed by atoms with Crippen LogP contribution in [0.1, 0.15) is 44.9 Å². The Morgan fingerprint density at radius 1 is 1.26 bits per heavy atom. The number of benzene rings is 1. The number of nitrogens with one attached hydrogen (secondary N) is 1. The average molecular weight is 426 g/mol. The van der Waals surface area contributed by atoms with Gasteiger partial charge >= 0.3 is 0 Å². The van der Waals surface area contributed by atoms with Crippen molar-refractivity contribution < 1.29 is 14.3 Å². The van der Waals surface area contributed by atoms with Crippen molar-refractivity contribution in [2.45, 2.75) is 58.2 Å². The molecule has 8 nitrogen and oxygen atoms in total. The Balaban J connectivity index is 1.17. The van der Waals surface area contributed by atoms with Crippen LogP contribution in [0, 0.1) is 11.8 Å². The van der Waals surface area contributed by atoms with E-state index >= 15 is 0 Å². The van der Waals surface area contributed by atoms with Crippen molar-refractivity contribution in [3.63, 3.8) is 0 Å². The summed E-state index contributed by atoms with van der Waals surface area (Å²) in [4.78, 5) is 15.4. The van der Waals surface area contributed by atoms with Crippen LogP contribution in [0.15, 0.2) is 24.4 Å². The number of carbonyl (C=O) groups is 1. The maximum Gasteiger partial charge on any atom is 0.231 e. The Kier molecular flexibility index (Phi) is 5.12. The summed E-state index contributed by atoms with van der Waals surface area (Å²) in [5.41, 5.74) is 2.05. The topological polar surface area (TPSA) is 81.5 Å². The molecule has 5 heterocycles. The van der Waals surface area contributed by atoms with E-state index in [0.29, 0.717) is 18.5 Å². The van der Waals surface area contributed by atoms with Crippen LogP contribution in [-0.2, 0) is 23.3 Å². The average Bonchev–Trinajstić information content (AvgIpc) is 3.41. The van der Waals surface area contributed by atoms with Crippen LogP contribution in [0.4, 0.5) is 0 Å². The normalized spacial score (nSPS) is 26.8. The maximum absolute atomic E-state index is 13.0. The maximum atomic E-state index is 13.0. The number of ether oxygens (including phenoxy) is 2. The fourth-order valence-corrected chi connectivity index (χ4v) is 4.94. The van der Waals surface area contributed by atoms with E-state index in [1.54, 1.807) is 0 Å². The van der Waals surface area contributed by atoms with Crippen molar-refractivity contribution in [1.82, 2.24) is 25.2 Å². The van der Waals surface area contributed by atoms with Gasteiger partial charge in [0.1, 0.15) is 0 Å². The fraction of sp³-hybridized carbons (Fsp3) is 0.609. The Morgan fingerprint density at radius 3 is 2.84 bits per heavy atom. The number of amides is 1. The Bertz CT molecular complexity index is 966. The van der Waals surface area contributed by atoms with Gasteiger partial charge in [-0.3, -0.25) is 14.4 Å². The molecular weight excluding hydrogens is 394 g/mol. The summed E-state index contributed by atoms with van der Waals surface area (Å²) in [7, 11) is 0. The smallest absolute Gasteiger partial charge is 0.231 e. The van der Waals surface area contributed by atoms with Crippen molar-refractivity contribution in [3.05, 3.63) is 35.7 Å². The zero-order valence-corrected chi connectivity index (χ0v) is 18.5. The number of fused-ring (bicyclic) bond motifs is 4. The minimum atomic E-state index is 0.00523. The molecule has 0 saturated carbocycles. The highest BCUT2D eigenvalue weighted by Crippen LogP contribution is 2.37. The molecule has 2 aromatic rings. The molecule has 8 heteroatoms. The molecule has 3 fully saturated rings. The molecule has 1 aromatic carbocycles. The molecule has 4 aliphatic rings. The van der Waals surface area contributed by atoms with E-state index in [1.165, 1.54) is 0 Å². The van der Waals surface area contributed by atoms with Gasteiger partial charge in [0.25, 0.3) is 0 Å². The van der Waals surface area contributed by atoms with Crippen molar-refractivity contribution in [1.29, 1.82) is 0 Å². The van der Waals surface area contributed by atoms with Crippen molar-refractivity contribution in [3.8, 4) is 11.5 Å². The summed E-state index contributed by atoms with van der Waals surface area (Å²) in [6.45, 7) is 9.95. The van der Waals surface area contributed by atoms with E-state index < -0.39 is 0 Å². The highest BCUT2D eigenvalue weighted by Gasteiger charge is 2.43. The van der Waals surface area contributed by atoms with Crippen molar-refractivity contribution >= 4 is 5.91 Å². The molecule has 1 aromatic heterocycles. The van der Waals surface area contributed by atoms with Gasteiger partial charge in [-0.1, -0.05) is 32.1 Å². The number of aromatic nitrogens is 3. The van der Waals surface area contributed by atoms with Crippen molar-refractivity contribution in [2.75, 3.05) is 19.9 Å². The summed E-state index contributed by atoms with van der Waals surface area (Å²) in [5.74, 6) is 2.15. The number of piperidine rings is 3. The van der Waals surface area contributed by atoms with E-state index in [-0.39, 0.29) is 24.0 Å². The number of hydrogen-bond acceptors (Lipinski definition) is 6. The largest absolute Gasteiger partial charge is 0.454 e. The van der Waals surface area contributed by atoms with Crippen molar-refractivity contribution in [2.24, 2.45) is 11.8 Å². The zero-order chi connectivity index (χ0) is 21.6. The SMILES string of the molecule is CC(C)(C)c1cn(C[C@H]2C[C@@H]3CCN2C[C@@H]3C(=O)NCc2ccc3c(c2)OCO3)nn1. The van der Waals surface area contributed by atoms with Gasteiger partial charge in [0.2, 0.25) is 12.7 Å². The number of hydrogen-bond donors (Lipinski definition) is 1. The fourth-order valence-electron chi connectivity index (χ4n) is 4.94. The second-order valence-electron chi connectivity index (χ2n) is 10.0. The standard InChI is InChI=1S/C23H31N5O3/c1-23(2,3)21-13-28(26-25-21)11-17-9-16-6-7-27(17)12-18(16)22(29)24-10-15-4-5-19-20(8-15)31-14-30-19/h4-5,8,13,16-18H,6-7,9-12,14H2,1-3H3,(H,24,29)/t16-,17+,18-/m0/s1. The van der Waals surface area contributed by atoms with Crippen LogP contribution >= 0.6 is 0 Å². The predicted molar refractivity (Wildman–Crippen MR) is 115 cm³/mol. The lowest BCUT2D eigenvalue weighted by Crippen LogP contribution is -2.58. The van der Waals surface area contributed by atoms with Crippen LogP contribution in [0.5, 0.6) is 11.5 Å². The lowest BCUT2D eigenvalue weighted by Gasteiger charge is -2.49. The van der Waals surface area contributed by atoms with Gasteiger partial charge in [-0.05, 0) is 43.0 Å². The van der Waals surface area contributed by atoms with Gasteiger partial charge in [0, 0.05) is 30.7 Å². The number of carbonyl (C=O) groups excluding carboxylic acids is 1. The molecule has 31 heavy (non-hydrogen) atoms. The number of rotatable bonds is 5. The third kappa shape index (κ3) is 4.13. The first-order valence-electron chi connectivity index (χ1n) is 11.2. The molecule has 0 radical (unpaired) electrons. The quantitative estimate of drug-likeness (QED) is 0.792. The highest BCUT2D eigenvalue weighted by atomic mass is 16.7. The van der Waals surface area contributed by atoms with Gasteiger partial charge in [-0.2, -0.15) is 0 Å².